The number of hydrogen-bond donors (Lipinski definition) is 2. The van der Waals surface area contributed by atoms with Crippen molar-refractivity contribution in [1.82, 2.24) is 10.6 Å². The number of carbonyl (C=O) groups is 1. The molecule has 0 aromatic heterocycles. The minimum Gasteiger partial charge on any atom is -0.336 e. The van der Waals surface area contributed by atoms with Crippen LogP contribution in [0.4, 0.5) is 26.3 Å². The Morgan fingerprint density at radius 2 is 1.75 bits per heavy atom. The number of halogens is 6. The molecule has 0 heterocycles. The third kappa shape index (κ3) is 5.92. The van der Waals surface area contributed by atoms with E-state index in [1.54, 1.807) is 0 Å². The number of hydrogen-bond acceptors (Lipinski definition) is 5. The largest absolute Gasteiger partial charge is 0.407 e. The summed E-state index contributed by atoms with van der Waals surface area (Å²) in [5.41, 5.74) is -2.37. The Balaban J connectivity index is 1.92. The van der Waals surface area contributed by atoms with Gasteiger partial charge in [-0.15, -0.1) is 0 Å². The summed E-state index contributed by atoms with van der Waals surface area (Å²) in [6, 6.07) is -2.81. The molecule has 0 radical (unpaired) electrons. The van der Waals surface area contributed by atoms with Gasteiger partial charge in [-0.2, -0.15) is 18.4 Å². The van der Waals surface area contributed by atoms with Crippen LogP contribution in [0.1, 0.15) is 37.3 Å². The van der Waals surface area contributed by atoms with Crippen molar-refractivity contribution in [1.29, 1.82) is 5.26 Å². The summed E-state index contributed by atoms with van der Waals surface area (Å²) in [5, 5.41) is 13.2. The van der Waals surface area contributed by atoms with Crippen molar-refractivity contribution >= 4 is 15.7 Å². The van der Waals surface area contributed by atoms with Gasteiger partial charge in [-0.05, 0) is 49.3 Å². The Morgan fingerprint density at radius 3 is 2.19 bits per heavy atom. The highest BCUT2D eigenvalue weighted by Crippen LogP contribution is 2.36. The molecule has 32 heavy (non-hydrogen) atoms. The zero-order chi connectivity index (χ0) is 23.9. The van der Waals surface area contributed by atoms with Crippen molar-refractivity contribution < 1.29 is 39.6 Å². The van der Waals surface area contributed by atoms with Gasteiger partial charge in [-0.25, -0.2) is 21.6 Å². The van der Waals surface area contributed by atoms with Gasteiger partial charge in [-0.1, -0.05) is 0 Å². The van der Waals surface area contributed by atoms with E-state index >= 15 is 0 Å². The first-order valence-electron chi connectivity index (χ1n) is 9.66. The number of benzene rings is 1. The lowest BCUT2D eigenvalue weighted by Gasteiger charge is -2.28. The zero-order valence-electron chi connectivity index (χ0n) is 16.5. The first kappa shape index (κ1) is 24.3. The third-order valence-corrected chi connectivity index (χ3v) is 7.11. The number of nitrogens with one attached hydrogen (secondary N) is 2. The maximum Gasteiger partial charge on any atom is 0.407 e. The molecule has 2 fully saturated rings. The molecule has 0 saturated heterocycles. The number of carbonyl (C=O) groups excluding carboxylic acids is 1. The molecule has 0 spiro atoms. The van der Waals surface area contributed by atoms with Gasteiger partial charge in [0.05, 0.1) is 17.6 Å². The molecule has 2 N–H and O–H groups in total. The van der Waals surface area contributed by atoms with Crippen LogP contribution in [0.3, 0.4) is 0 Å². The van der Waals surface area contributed by atoms with Gasteiger partial charge in [0.1, 0.15) is 17.6 Å². The fourth-order valence-corrected chi connectivity index (χ4v) is 5.14. The van der Waals surface area contributed by atoms with Gasteiger partial charge in [0.25, 0.3) is 0 Å². The second kappa shape index (κ2) is 8.55. The van der Waals surface area contributed by atoms with Crippen LogP contribution in [0.2, 0.25) is 0 Å². The lowest BCUT2D eigenvalue weighted by Crippen LogP contribution is -2.54. The van der Waals surface area contributed by atoms with Gasteiger partial charge < -0.3 is 5.32 Å². The minimum absolute atomic E-state index is 0.120. The number of alkyl halides is 3. The number of sulfone groups is 1. The maximum absolute atomic E-state index is 13.7. The number of nitriles is 1. The van der Waals surface area contributed by atoms with Gasteiger partial charge in [0, 0.05) is 0 Å². The van der Waals surface area contributed by atoms with Crippen molar-refractivity contribution in [3.63, 3.8) is 0 Å². The van der Waals surface area contributed by atoms with Gasteiger partial charge in [0.2, 0.25) is 5.91 Å². The van der Waals surface area contributed by atoms with E-state index in [2.05, 4.69) is 5.32 Å². The summed E-state index contributed by atoms with van der Waals surface area (Å²) in [5.74, 6) is -8.37. The molecule has 6 nitrogen and oxygen atoms in total. The summed E-state index contributed by atoms with van der Waals surface area (Å²) in [4.78, 5) is 12.7. The topological polar surface area (TPSA) is 99.1 Å². The van der Waals surface area contributed by atoms with Crippen LogP contribution in [0.25, 0.3) is 0 Å². The average molecular weight is 483 g/mol. The van der Waals surface area contributed by atoms with E-state index < -0.39 is 68.3 Å². The average Bonchev–Trinajstić information content (AvgIpc) is 3.59. The molecule has 3 rings (SSSR count). The Bertz CT molecular complexity index is 1020. The SMILES string of the molecule is N#CC1(NC(=O)[C@H](CS(=O)(=O)CC2CC2)NC(c2cc(F)c(F)c(F)c2)C(F)(F)F)CC1. The van der Waals surface area contributed by atoms with Crippen molar-refractivity contribution in [2.45, 2.75) is 49.5 Å². The molecule has 0 bridgehead atoms. The number of amides is 1. The quantitative estimate of drug-likeness (QED) is 0.416. The first-order chi connectivity index (χ1) is 14.8. The fourth-order valence-electron chi connectivity index (χ4n) is 3.20. The smallest absolute Gasteiger partial charge is 0.336 e. The number of nitrogens with zero attached hydrogens (tertiary/aromatic N) is 1. The first-order valence-corrected chi connectivity index (χ1v) is 11.5. The molecule has 2 aliphatic rings. The monoisotopic (exact) mass is 483 g/mol. The van der Waals surface area contributed by atoms with Crippen LogP contribution in [0.15, 0.2) is 12.1 Å². The van der Waals surface area contributed by atoms with Crippen molar-refractivity contribution in [3.05, 3.63) is 35.1 Å². The highest BCUT2D eigenvalue weighted by Gasteiger charge is 2.48. The molecule has 13 heteroatoms. The molecular formula is C19H19F6N3O3S. The van der Waals surface area contributed by atoms with Crippen molar-refractivity contribution in [2.75, 3.05) is 11.5 Å². The van der Waals surface area contributed by atoms with Crippen molar-refractivity contribution in [2.24, 2.45) is 5.92 Å². The fraction of sp³-hybridized carbons (Fsp3) is 0.579. The van der Waals surface area contributed by atoms with Crippen LogP contribution >= 0.6 is 0 Å². The summed E-state index contributed by atoms with van der Waals surface area (Å²) in [6.45, 7) is 0. The normalized spacial score (nSPS) is 19.7. The van der Waals surface area contributed by atoms with Gasteiger partial charge in [-0.3, -0.25) is 10.1 Å². The van der Waals surface area contributed by atoms with E-state index in [1.165, 1.54) is 0 Å². The van der Waals surface area contributed by atoms with Crippen LogP contribution in [0.5, 0.6) is 0 Å². The Morgan fingerprint density at radius 1 is 1.19 bits per heavy atom. The van der Waals surface area contributed by atoms with Crippen LogP contribution in [-0.2, 0) is 14.6 Å². The summed E-state index contributed by atoms with van der Waals surface area (Å²) in [6.07, 6.45) is -3.45. The molecule has 1 aromatic rings. The Hall–Kier alpha value is -2.33. The lowest BCUT2D eigenvalue weighted by atomic mass is 10.0. The van der Waals surface area contributed by atoms with Crippen LogP contribution in [0, 0.1) is 34.7 Å². The summed E-state index contributed by atoms with van der Waals surface area (Å²) < 4.78 is 106. The van der Waals surface area contributed by atoms with E-state index in [0.29, 0.717) is 12.8 Å². The molecule has 176 valence electrons. The van der Waals surface area contributed by atoms with E-state index in [-0.39, 0.29) is 36.6 Å². The van der Waals surface area contributed by atoms with E-state index in [9.17, 15) is 39.6 Å². The van der Waals surface area contributed by atoms with Crippen LogP contribution < -0.4 is 10.6 Å². The minimum atomic E-state index is -5.22. The molecule has 2 saturated carbocycles. The lowest BCUT2D eigenvalue weighted by molar-refractivity contribution is -0.160. The predicted octanol–water partition coefficient (Wildman–Crippen LogP) is 2.66. The second-order valence-corrected chi connectivity index (χ2v) is 10.3. The molecule has 1 aromatic carbocycles. The number of rotatable bonds is 9. The van der Waals surface area contributed by atoms with Crippen LogP contribution in [-0.4, -0.2) is 43.6 Å². The Labute approximate surface area is 179 Å². The molecule has 2 aliphatic carbocycles. The standard InChI is InChI=1S/C19H19F6N3O3S/c20-12-5-11(6-13(21)15(12)22)16(19(23,24)25)27-14(8-32(30,31)7-10-1-2-10)17(29)28-18(9-26)3-4-18/h5-6,10,14,16,27H,1-4,7-8H2,(H,28,29)/t14-,16?/m0/s1. The Kier molecular flexibility index (Phi) is 6.50. The van der Waals surface area contributed by atoms with E-state index in [4.69, 9.17) is 5.26 Å². The zero-order valence-corrected chi connectivity index (χ0v) is 17.3. The third-order valence-electron chi connectivity index (χ3n) is 5.28. The van der Waals surface area contributed by atoms with Gasteiger partial charge >= 0.3 is 6.18 Å². The molecule has 2 atom stereocenters. The van der Waals surface area contributed by atoms with E-state index in [0.717, 1.165) is 0 Å². The predicted molar refractivity (Wildman–Crippen MR) is 99.1 cm³/mol. The molecule has 1 unspecified atom stereocenters. The highest BCUT2D eigenvalue weighted by atomic mass is 32.2. The molecule has 1 amide bonds. The highest BCUT2D eigenvalue weighted by molar-refractivity contribution is 7.91. The molecular weight excluding hydrogens is 464 g/mol. The summed E-state index contributed by atoms with van der Waals surface area (Å²) >= 11 is 0. The second-order valence-electron chi connectivity index (χ2n) is 8.20. The summed E-state index contributed by atoms with van der Waals surface area (Å²) in [7, 11) is -3.98. The van der Waals surface area contributed by atoms with Gasteiger partial charge in [0.15, 0.2) is 27.3 Å². The molecule has 0 aliphatic heterocycles. The maximum atomic E-state index is 13.7. The van der Waals surface area contributed by atoms with Crippen molar-refractivity contribution in [3.8, 4) is 6.07 Å². The van der Waals surface area contributed by atoms with E-state index in [1.807, 2.05) is 11.4 Å².